The minimum Gasteiger partial charge on any atom is -0.298 e. The zero-order valence-corrected chi connectivity index (χ0v) is 12.5. The molecule has 102 valence electrons. The number of aryl methyl sites for hydroxylation is 3. The van der Waals surface area contributed by atoms with E-state index in [-0.39, 0.29) is 0 Å². The highest BCUT2D eigenvalue weighted by molar-refractivity contribution is 5.95. The molecule has 1 heteroatoms. The summed E-state index contributed by atoms with van der Waals surface area (Å²) in [5.41, 5.74) is 7.74. The summed E-state index contributed by atoms with van der Waals surface area (Å²) in [6, 6.07) is 14.5. The van der Waals surface area contributed by atoms with Crippen LogP contribution in [-0.4, -0.2) is 6.29 Å². The lowest BCUT2D eigenvalue weighted by Gasteiger charge is -2.17. The molecule has 0 saturated heterocycles. The van der Waals surface area contributed by atoms with E-state index in [1.54, 1.807) is 0 Å². The van der Waals surface area contributed by atoms with E-state index in [4.69, 9.17) is 0 Å². The third-order valence-corrected chi connectivity index (χ3v) is 3.56. The fraction of sp³-hybridized carbons (Fsp3) is 0.211. The number of aldehydes is 1. The number of hydrogen-bond donors (Lipinski definition) is 0. The fourth-order valence-corrected chi connectivity index (χ4v) is 2.81. The molecule has 0 aliphatic carbocycles. The largest absolute Gasteiger partial charge is 0.298 e. The highest BCUT2D eigenvalue weighted by Crippen LogP contribution is 2.31. The summed E-state index contributed by atoms with van der Waals surface area (Å²) in [6.07, 6.45) is 0.946. The lowest BCUT2D eigenvalue weighted by atomic mass is 9.87. The van der Waals surface area contributed by atoms with E-state index in [1.807, 2.05) is 25.1 Å². The minimum atomic E-state index is 0.770. The highest BCUT2D eigenvalue weighted by atomic mass is 16.1. The molecule has 0 aliphatic rings. The van der Waals surface area contributed by atoms with Crippen LogP contribution in [0.5, 0.6) is 0 Å². The van der Waals surface area contributed by atoms with Crippen LogP contribution in [0.15, 0.2) is 48.0 Å². The van der Waals surface area contributed by atoms with Crippen LogP contribution in [0.25, 0.3) is 5.57 Å². The Morgan fingerprint density at radius 2 is 1.50 bits per heavy atom. The normalized spacial score (nSPS) is 12.0. The van der Waals surface area contributed by atoms with Crippen molar-refractivity contribution in [3.63, 3.8) is 0 Å². The predicted octanol–water partition coefficient (Wildman–Crippen LogP) is 4.63. The van der Waals surface area contributed by atoms with E-state index in [2.05, 4.69) is 45.0 Å². The van der Waals surface area contributed by atoms with Gasteiger partial charge in [-0.15, -0.1) is 0 Å². The SMILES string of the molecule is C/C(C=O)=C(\c1ccccc1)c1c(C)cc(C)cc1C. The predicted molar refractivity (Wildman–Crippen MR) is 84.9 cm³/mol. The van der Waals surface area contributed by atoms with E-state index >= 15 is 0 Å². The molecule has 2 rings (SSSR count). The zero-order chi connectivity index (χ0) is 14.7. The van der Waals surface area contributed by atoms with Gasteiger partial charge < -0.3 is 0 Å². The maximum atomic E-state index is 11.3. The fourth-order valence-electron chi connectivity index (χ4n) is 2.81. The van der Waals surface area contributed by atoms with Gasteiger partial charge in [-0.05, 0) is 61.1 Å². The van der Waals surface area contributed by atoms with Crippen molar-refractivity contribution in [2.24, 2.45) is 0 Å². The van der Waals surface area contributed by atoms with Crippen molar-refractivity contribution in [1.29, 1.82) is 0 Å². The molecule has 0 heterocycles. The summed E-state index contributed by atoms with van der Waals surface area (Å²) in [5, 5.41) is 0. The number of hydrogen-bond acceptors (Lipinski definition) is 1. The maximum Gasteiger partial charge on any atom is 0.146 e. The molecule has 0 unspecified atom stereocenters. The van der Waals surface area contributed by atoms with Gasteiger partial charge >= 0.3 is 0 Å². The molecule has 0 spiro atoms. The number of allylic oxidation sites excluding steroid dienone is 1. The molecule has 0 bridgehead atoms. The molecule has 0 aliphatic heterocycles. The molecule has 0 aromatic heterocycles. The molecule has 1 nitrogen and oxygen atoms in total. The van der Waals surface area contributed by atoms with E-state index in [0.29, 0.717) is 0 Å². The smallest absolute Gasteiger partial charge is 0.146 e. The molecule has 0 amide bonds. The van der Waals surface area contributed by atoms with Gasteiger partial charge in [-0.25, -0.2) is 0 Å². The van der Waals surface area contributed by atoms with Gasteiger partial charge in [0.2, 0.25) is 0 Å². The Hall–Kier alpha value is -2.15. The molecule has 0 saturated carbocycles. The lowest BCUT2D eigenvalue weighted by molar-refractivity contribution is -0.104. The first-order valence-corrected chi connectivity index (χ1v) is 6.84. The zero-order valence-electron chi connectivity index (χ0n) is 12.5. The summed E-state index contributed by atoms with van der Waals surface area (Å²) >= 11 is 0. The van der Waals surface area contributed by atoms with Crippen LogP contribution >= 0.6 is 0 Å². The van der Waals surface area contributed by atoms with Gasteiger partial charge in [-0.3, -0.25) is 4.79 Å². The monoisotopic (exact) mass is 264 g/mol. The Labute approximate surface area is 121 Å². The summed E-state index contributed by atoms with van der Waals surface area (Å²) < 4.78 is 0. The third kappa shape index (κ3) is 2.72. The Balaban J connectivity index is 2.76. The average molecular weight is 264 g/mol. The first kappa shape index (κ1) is 14.3. The van der Waals surface area contributed by atoms with Crippen LogP contribution in [0.1, 0.15) is 34.7 Å². The second-order valence-electron chi connectivity index (χ2n) is 5.32. The third-order valence-electron chi connectivity index (χ3n) is 3.56. The van der Waals surface area contributed by atoms with Crippen molar-refractivity contribution < 1.29 is 4.79 Å². The molecule has 20 heavy (non-hydrogen) atoms. The van der Waals surface area contributed by atoms with E-state index < -0.39 is 0 Å². The van der Waals surface area contributed by atoms with Crippen LogP contribution < -0.4 is 0 Å². The van der Waals surface area contributed by atoms with Gasteiger partial charge in [-0.1, -0.05) is 48.0 Å². The van der Waals surface area contributed by atoms with Crippen molar-refractivity contribution in [3.8, 4) is 0 Å². The number of carbonyl (C=O) groups excluding carboxylic acids is 1. The second-order valence-corrected chi connectivity index (χ2v) is 5.32. The number of rotatable bonds is 3. The van der Waals surface area contributed by atoms with Crippen molar-refractivity contribution in [3.05, 3.63) is 75.9 Å². The van der Waals surface area contributed by atoms with Crippen LogP contribution in [0.2, 0.25) is 0 Å². The van der Waals surface area contributed by atoms with Gasteiger partial charge in [0.25, 0.3) is 0 Å². The number of benzene rings is 2. The average Bonchev–Trinajstić information content (AvgIpc) is 2.42. The summed E-state index contributed by atoms with van der Waals surface area (Å²) in [6.45, 7) is 8.20. The minimum absolute atomic E-state index is 0.770. The van der Waals surface area contributed by atoms with Crippen molar-refractivity contribution >= 4 is 11.9 Å². The van der Waals surface area contributed by atoms with Crippen LogP contribution in [-0.2, 0) is 4.79 Å². The summed E-state index contributed by atoms with van der Waals surface area (Å²) in [7, 11) is 0. The summed E-state index contributed by atoms with van der Waals surface area (Å²) in [4.78, 5) is 11.3. The topological polar surface area (TPSA) is 17.1 Å². The molecule has 0 radical (unpaired) electrons. The van der Waals surface area contributed by atoms with Crippen molar-refractivity contribution in [2.45, 2.75) is 27.7 Å². The van der Waals surface area contributed by atoms with Crippen LogP contribution in [0.3, 0.4) is 0 Å². The Bertz CT molecular complexity index is 640. The van der Waals surface area contributed by atoms with Gasteiger partial charge in [-0.2, -0.15) is 0 Å². The van der Waals surface area contributed by atoms with Crippen molar-refractivity contribution in [2.75, 3.05) is 0 Å². The molecular weight excluding hydrogens is 244 g/mol. The van der Waals surface area contributed by atoms with Crippen LogP contribution in [0, 0.1) is 20.8 Å². The maximum absolute atomic E-state index is 11.3. The Morgan fingerprint density at radius 3 is 2.00 bits per heavy atom. The molecule has 0 fully saturated rings. The van der Waals surface area contributed by atoms with E-state index in [0.717, 1.165) is 23.0 Å². The lowest BCUT2D eigenvalue weighted by Crippen LogP contribution is -1.99. The van der Waals surface area contributed by atoms with Gasteiger partial charge in [0.15, 0.2) is 0 Å². The van der Waals surface area contributed by atoms with Crippen LogP contribution in [0.4, 0.5) is 0 Å². The summed E-state index contributed by atoms with van der Waals surface area (Å²) in [5.74, 6) is 0. The molecule has 0 N–H and O–H groups in total. The van der Waals surface area contributed by atoms with E-state index in [1.165, 1.54) is 22.3 Å². The molecule has 2 aromatic rings. The quantitative estimate of drug-likeness (QED) is 0.583. The van der Waals surface area contributed by atoms with Gasteiger partial charge in [0, 0.05) is 0 Å². The number of carbonyl (C=O) groups is 1. The Kier molecular flexibility index (Phi) is 4.19. The highest BCUT2D eigenvalue weighted by Gasteiger charge is 2.14. The Morgan fingerprint density at radius 1 is 0.950 bits per heavy atom. The molecule has 0 atom stereocenters. The molecular formula is C19H20O. The van der Waals surface area contributed by atoms with Crippen molar-refractivity contribution in [1.82, 2.24) is 0 Å². The first-order valence-electron chi connectivity index (χ1n) is 6.84. The van der Waals surface area contributed by atoms with Gasteiger partial charge in [0.1, 0.15) is 6.29 Å². The first-order chi connectivity index (χ1) is 9.54. The molecule has 2 aromatic carbocycles. The standard InChI is InChI=1S/C19H20O/c1-13-10-14(2)18(15(3)11-13)19(16(4)12-20)17-8-6-5-7-9-17/h5-12H,1-4H3/b19-16-. The second kappa shape index (κ2) is 5.87. The van der Waals surface area contributed by atoms with Gasteiger partial charge in [0.05, 0.1) is 0 Å². The van der Waals surface area contributed by atoms with E-state index in [9.17, 15) is 4.79 Å².